The highest BCUT2D eigenvalue weighted by Crippen LogP contribution is 2.27. The summed E-state index contributed by atoms with van der Waals surface area (Å²) in [5.74, 6) is 0. The minimum absolute atomic E-state index is 0.298. The van der Waals surface area contributed by atoms with Crippen molar-refractivity contribution >= 4 is 0 Å². The number of nitrogens with zero attached hydrogens (tertiary/aromatic N) is 2. The molecule has 0 bridgehead atoms. The van der Waals surface area contributed by atoms with Gasteiger partial charge in [-0.2, -0.15) is 0 Å². The summed E-state index contributed by atoms with van der Waals surface area (Å²) in [5, 5.41) is 0. The van der Waals surface area contributed by atoms with Crippen LogP contribution in [0.5, 0.6) is 0 Å². The summed E-state index contributed by atoms with van der Waals surface area (Å²) in [6.45, 7) is 15.1. The van der Waals surface area contributed by atoms with E-state index in [0.29, 0.717) is 11.0 Å². The maximum atomic E-state index is 2.55. The molecule has 2 nitrogen and oxygen atoms in total. The Balaban J connectivity index is 2.69. The van der Waals surface area contributed by atoms with Gasteiger partial charge in [0.1, 0.15) is 0 Å². The monoisotopic (exact) mass is 184 g/mol. The van der Waals surface area contributed by atoms with Gasteiger partial charge in [0.25, 0.3) is 0 Å². The fourth-order valence-electron chi connectivity index (χ4n) is 2.14. The third-order valence-electron chi connectivity index (χ3n) is 2.68. The van der Waals surface area contributed by atoms with Crippen LogP contribution in [-0.2, 0) is 0 Å². The summed E-state index contributed by atoms with van der Waals surface area (Å²) in [4.78, 5) is 4.96. The van der Waals surface area contributed by atoms with Gasteiger partial charge < -0.3 is 0 Å². The van der Waals surface area contributed by atoms with Crippen molar-refractivity contribution in [3.63, 3.8) is 0 Å². The van der Waals surface area contributed by atoms with E-state index >= 15 is 0 Å². The Morgan fingerprint density at radius 1 is 1.08 bits per heavy atom. The van der Waals surface area contributed by atoms with Crippen LogP contribution in [0.1, 0.15) is 34.6 Å². The van der Waals surface area contributed by atoms with E-state index < -0.39 is 0 Å². The molecule has 13 heavy (non-hydrogen) atoms. The summed E-state index contributed by atoms with van der Waals surface area (Å²) in [6.07, 6.45) is 0. The molecular formula is C11H24N2. The molecule has 1 rings (SSSR count). The van der Waals surface area contributed by atoms with Gasteiger partial charge in [0.05, 0.1) is 6.67 Å². The lowest BCUT2D eigenvalue weighted by atomic mass is 9.88. The molecular weight excluding hydrogens is 160 g/mol. The molecule has 0 aliphatic carbocycles. The van der Waals surface area contributed by atoms with Crippen molar-refractivity contribution in [1.82, 2.24) is 9.80 Å². The minimum atomic E-state index is 0.298. The summed E-state index contributed by atoms with van der Waals surface area (Å²) in [5.41, 5.74) is 0.728. The Labute approximate surface area is 82.9 Å². The van der Waals surface area contributed by atoms with Crippen LogP contribution in [0.4, 0.5) is 0 Å². The highest BCUT2D eigenvalue weighted by Gasteiger charge is 2.34. The van der Waals surface area contributed by atoms with Gasteiger partial charge in [-0.3, -0.25) is 9.80 Å². The molecule has 0 unspecified atom stereocenters. The van der Waals surface area contributed by atoms with E-state index in [2.05, 4.69) is 51.5 Å². The molecule has 1 heterocycles. The highest BCUT2D eigenvalue weighted by atomic mass is 15.4. The van der Waals surface area contributed by atoms with E-state index in [0.717, 1.165) is 6.67 Å². The van der Waals surface area contributed by atoms with Crippen LogP contribution in [0.25, 0.3) is 0 Å². The quantitative estimate of drug-likeness (QED) is 0.568. The average Bonchev–Trinajstić information content (AvgIpc) is 1.79. The predicted octanol–water partition coefficient (Wildman–Crippen LogP) is 2.02. The van der Waals surface area contributed by atoms with Gasteiger partial charge in [-0.25, -0.2) is 0 Å². The molecule has 1 aliphatic rings. The highest BCUT2D eigenvalue weighted by molar-refractivity contribution is 4.87. The van der Waals surface area contributed by atoms with E-state index in [1.165, 1.54) is 13.1 Å². The van der Waals surface area contributed by atoms with Gasteiger partial charge in [-0.05, 0) is 33.2 Å². The maximum absolute atomic E-state index is 2.55. The molecule has 0 saturated carbocycles. The fraction of sp³-hybridized carbons (Fsp3) is 1.00. The minimum Gasteiger partial charge on any atom is -0.293 e. The number of hydrogen-bond acceptors (Lipinski definition) is 2. The van der Waals surface area contributed by atoms with Gasteiger partial charge >= 0.3 is 0 Å². The molecule has 0 amide bonds. The van der Waals surface area contributed by atoms with Crippen molar-refractivity contribution < 1.29 is 0 Å². The largest absolute Gasteiger partial charge is 0.293 e. The normalized spacial score (nSPS) is 26.3. The lowest BCUT2D eigenvalue weighted by Gasteiger charge is -2.48. The topological polar surface area (TPSA) is 6.48 Å². The molecule has 0 spiro atoms. The van der Waals surface area contributed by atoms with Crippen LogP contribution >= 0.6 is 0 Å². The van der Waals surface area contributed by atoms with E-state index in [4.69, 9.17) is 0 Å². The van der Waals surface area contributed by atoms with Crippen LogP contribution in [0.2, 0.25) is 0 Å². The Morgan fingerprint density at radius 3 is 2.00 bits per heavy atom. The zero-order chi connectivity index (χ0) is 10.3. The van der Waals surface area contributed by atoms with Gasteiger partial charge in [-0.1, -0.05) is 13.8 Å². The van der Waals surface area contributed by atoms with Crippen LogP contribution in [0.15, 0.2) is 0 Å². The zero-order valence-electron chi connectivity index (χ0n) is 10.0. The van der Waals surface area contributed by atoms with Crippen molar-refractivity contribution in [2.24, 2.45) is 5.41 Å². The van der Waals surface area contributed by atoms with E-state index in [-0.39, 0.29) is 0 Å². The van der Waals surface area contributed by atoms with Gasteiger partial charge in [-0.15, -0.1) is 0 Å². The number of rotatable bonds is 0. The van der Waals surface area contributed by atoms with Crippen molar-refractivity contribution in [2.75, 3.05) is 26.8 Å². The molecule has 0 atom stereocenters. The Hall–Kier alpha value is -0.0800. The first kappa shape index (κ1) is 11.0. The Bertz CT molecular complexity index is 179. The third-order valence-corrected chi connectivity index (χ3v) is 2.68. The van der Waals surface area contributed by atoms with E-state index in [1.54, 1.807) is 0 Å². The predicted molar refractivity (Wildman–Crippen MR) is 57.7 cm³/mol. The molecule has 1 fully saturated rings. The molecule has 0 aromatic heterocycles. The summed E-state index contributed by atoms with van der Waals surface area (Å²) < 4.78 is 0. The lowest BCUT2D eigenvalue weighted by Crippen LogP contribution is -2.57. The van der Waals surface area contributed by atoms with Crippen molar-refractivity contribution in [2.45, 2.75) is 40.2 Å². The van der Waals surface area contributed by atoms with Crippen molar-refractivity contribution in [3.05, 3.63) is 0 Å². The van der Waals surface area contributed by atoms with E-state index in [9.17, 15) is 0 Å². The molecule has 0 N–H and O–H groups in total. The lowest BCUT2D eigenvalue weighted by molar-refractivity contribution is -0.0266. The van der Waals surface area contributed by atoms with Crippen molar-refractivity contribution in [1.29, 1.82) is 0 Å². The molecule has 0 aromatic carbocycles. The van der Waals surface area contributed by atoms with Crippen LogP contribution in [0, 0.1) is 5.41 Å². The van der Waals surface area contributed by atoms with Gasteiger partial charge in [0, 0.05) is 18.6 Å². The smallest absolute Gasteiger partial charge is 0.0508 e. The molecule has 1 aliphatic heterocycles. The summed E-state index contributed by atoms with van der Waals surface area (Å²) >= 11 is 0. The molecule has 0 aromatic rings. The Morgan fingerprint density at radius 2 is 1.62 bits per heavy atom. The Kier molecular flexibility index (Phi) is 2.75. The first-order valence-corrected chi connectivity index (χ1v) is 5.14. The first-order chi connectivity index (χ1) is 5.71. The zero-order valence-corrected chi connectivity index (χ0v) is 10.0. The standard InChI is InChI=1S/C11H24N2/c1-10(2,3)13-8-11(4,5)7-12(6)9-13/h7-9H2,1-6H3. The molecule has 1 saturated heterocycles. The third kappa shape index (κ3) is 2.96. The maximum Gasteiger partial charge on any atom is 0.0508 e. The second-order valence-electron chi connectivity index (χ2n) is 6.19. The van der Waals surface area contributed by atoms with E-state index in [1.807, 2.05) is 0 Å². The SMILES string of the molecule is CN1CN(C(C)(C)C)CC(C)(C)C1. The summed E-state index contributed by atoms with van der Waals surface area (Å²) in [7, 11) is 2.21. The van der Waals surface area contributed by atoms with Gasteiger partial charge in [0.15, 0.2) is 0 Å². The second kappa shape index (κ2) is 3.25. The van der Waals surface area contributed by atoms with Crippen LogP contribution in [0.3, 0.4) is 0 Å². The fourth-order valence-corrected chi connectivity index (χ4v) is 2.14. The van der Waals surface area contributed by atoms with Crippen LogP contribution in [-0.4, -0.2) is 42.1 Å². The van der Waals surface area contributed by atoms with Crippen LogP contribution < -0.4 is 0 Å². The first-order valence-electron chi connectivity index (χ1n) is 5.14. The molecule has 78 valence electrons. The second-order valence-corrected chi connectivity index (χ2v) is 6.19. The van der Waals surface area contributed by atoms with Crippen molar-refractivity contribution in [3.8, 4) is 0 Å². The molecule has 0 radical (unpaired) electrons. The molecule has 2 heteroatoms. The summed E-state index contributed by atoms with van der Waals surface area (Å²) in [6, 6.07) is 0. The van der Waals surface area contributed by atoms with Gasteiger partial charge in [0.2, 0.25) is 0 Å². The number of hydrogen-bond donors (Lipinski definition) is 0. The average molecular weight is 184 g/mol.